The number of anilines is 1. The summed E-state index contributed by atoms with van der Waals surface area (Å²) < 4.78 is 13.9. The molecular formula is C15H18BrFN2S. The second-order valence-electron chi connectivity index (χ2n) is 5.82. The van der Waals surface area contributed by atoms with Crippen LogP contribution in [0.15, 0.2) is 21.6 Å². The summed E-state index contributed by atoms with van der Waals surface area (Å²) in [6, 6.07) is 3.33. The van der Waals surface area contributed by atoms with Crippen LogP contribution in [0.25, 0.3) is 0 Å². The minimum absolute atomic E-state index is 0.226. The second kappa shape index (κ2) is 5.68. The molecule has 108 valence electrons. The maximum atomic E-state index is 13.4. The molecule has 1 saturated carbocycles. The van der Waals surface area contributed by atoms with Crippen LogP contribution in [0, 0.1) is 18.2 Å². The van der Waals surface area contributed by atoms with Gasteiger partial charge in [-0.2, -0.15) is 0 Å². The number of thioether (sulfide) groups is 1. The molecule has 1 spiro atoms. The minimum atomic E-state index is -0.226. The van der Waals surface area contributed by atoms with Gasteiger partial charge < -0.3 is 5.32 Å². The van der Waals surface area contributed by atoms with Gasteiger partial charge in [-0.3, -0.25) is 4.99 Å². The number of benzene rings is 1. The first-order chi connectivity index (χ1) is 9.58. The molecule has 0 saturated heterocycles. The van der Waals surface area contributed by atoms with Crippen LogP contribution < -0.4 is 5.32 Å². The Labute approximate surface area is 131 Å². The molecule has 0 radical (unpaired) electrons. The van der Waals surface area contributed by atoms with Gasteiger partial charge in [-0.1, -0.05) is 24.6 Å². The first kappa shape index (κ1) is 14.4. The van der Waals surface area contributed by atoms with E-state index in [0.29, 0.717) is 9.89 Å². The molecule has 1 heterocycles. The molecule has 0 aromatic heterocycles. The summed E-state index contributed by atoms with van der Waals surface area (Å²) in [5.74, 6) is 0.927. The monoisotopic (exact) mass is 356 g/mol. The van der Waals surface area contributed by atoms with Crippen molar-refractivity contribution in [3.05, 3.63) is 28.0 Å². The second-order valence-corrected chi connectivity index (χ2v) is 7.64. The summed E-state index contributed by atoms with van der Waals surface area (Å²) in [4.78, 5) is 4.71. The van der Waals surface area contributed by atoms with Crippen LogP contribution in [-0.4, -0.2) is 17.5 Å². The largest absolute Gasteiger partial charge is 0.335 e. The topological polar surface area (TPSA) is 24.4 Å². The normalized spacial score (nSPS) is 21.1. The van der Waals surface area contributed by atoms with Gasteiger partial charge in [0.15, 0.2) is 5.17 Å². The van der Waals surface area contributed by atoms with Crippen molar-refractivity contribution in [2.24, 2.45) is 10.4 Å². The Morgan fingerprint density at radius 3 is 2.75 bits per heavy atom. The highest BCUT2D eigenvalue weighted by Gasteiger charge is 2.36. The van der Waals surface area contributed by atoms with Crippen molar-refractivity contribution in [1.82, 2.24) is 0 Å². The van der Waals surface area contributed by atoms with Crippen LogP contribution in [0.2, 0.25) is 0 Å². The third-order valence-corrected chi connectivity index (χ3v) is 6.12. The standard InChI is InChI=1S/C15H18BrFN2S/c1-10-6-12(17)11(16)7-13(10)19-14-18-8-15(9-20-14)4-2-3-5-15/h6-7H,2-5,8-9H2,1H3,(H,18,19). The number of nitrogens with one attached hydrogen (secondary N) is 1. The van der Waals surface area contributed by atoms with Crippen LogP contribution in [0.5, 0.6) is 0 Å². The van der Waals surface area contributed by atoms with Gasteiger partial charge in [-0.05, 0) is 58.8 Å². The Morgan fingerprint density at radius 1 is 1.35 bits per heavy atom. The molecular weight excluding hydrogens is 339 g/mol. The van der Waals surface area contributed by atoms with Crippen molar-refractivity contribution in [2.45, 2.75) is 32.6 Å². The van der Waals surface area contributed by atoms with E-state index in [-0.39, 0.29) is 5.82 Å². The quantitative estimate of drug-likeness (QED) is 0.767. The van der Waals surface area contributed by atoms with Crippen molar-refractivity contribution in [2.75, 3.05) is 17.6 Å². The molecule has 0 bridgehead atoms. The van der Waals surface area contributed by atoms with E-state index in [4.69, 9.17) is 4.99 Å². The van der Waals surface area contributed by atoms with Crippen LogP contribution in [0.3, 0.4) is 0 Å². The Bertz CT molecular complexity index is 553. The van der Waals surface area contributed by atoms with Crippen molar-refractivity contribution in [3.63, 3.8) is 0 Å². The highest BCUT2D eigenvalue weighted by molar-refractivity contribution is 9.10. The Morgan fingerprint density at radius 2 is 2.10 bits per heavy atom. The minimum Gasteiger partial charge on any atom is -0.335 e. The first-order valence-electron chi connectivity index (χ1n) is 6.98. The third-order valence-electron chi connectivity index (χ3n) is 4.25. The molecule has 1 fully saturated rings. The highest BCUT2D eigenvalue weighted by atomic mass is 79.9. The van der Waals surface area contributed by atoms with Crippen LogP contribution in [0.1, 0.15) is 31.2 Å². The average Bonchev–Trinajstić information content (AvgIpc) is 2.87. The summed E-state index contributed by atoms with van der Waals surface area (Å²) in [5, 5.41) is 4.30. The molecule has 2 nitrogen and oxygen atoms in total. The molecule has 1 aromatic rings. The average molecular weight is 357 g/mol. The van der Waals surface area contributed by atoms with Gasteiger partial charge >= 0.3 is 0 Å². The van der Waals surface area contributed by atoms with Crippen molar-refractivity contribution < 1.29 is 4.39 Å². The van der Waals surface area contributed by atoms with E-state index in [1.807, 2.05) is 6.92 Å². The van der Waals surface area contributed by atoms with Gasteiger partial charge in [0.25, 0.3) is 0 Å². The number of rotatable bonds is 1. The summed E-state index contributed by atoms with van der Waals surface area (Å²) >= 11 is 5.03. The highest BCUT2D eigenvalue weighted by Crippen LogP contribution is 2.43. The summed E-state index contributed by atoms with van der Waals surface area (Å²) in [6.07, 6.45) is 5.33. The van der Waals surface area contributed by atoms with Gasteiger partial charge in [0.05, 0.1) is 4.47 Å². The predicted molar refractivity (Wildman–Crippen MR) is 88.1 cm³/mol. The lowest BCUT2D eigenvalue weighted by Crippen LogP contribution is -2.30. The Hall–Kier alpha value is -0.550. The van der Waals surface area contributed by atoms with Gasteiger partial charge in [-0.25, -0.2) is 4.39 Å². The lowest BCUT2D eigenvalue weighted by atomic mass is 9.89. The third kappa shape index (κ3) is 2.89. The van der Waals surface area contributed by atoms with Crippen LogP contribution in [-0.2, 0) is 0 Å². The van der Waals surface area contributed by atoms with E-state index < -0.39 is 0 Å². The molecule has 3 rings (SSSR count). The number of halogens is 2. The number of hydrogen-bond acceptors (Lipinski definition) is 3. The van der Waals surface area contributed by atoms with E-state index in [0.717, 1.165) is 28.7 Å². The van der Waals surface area contributed by atoms with Gasteiger partial charge in [0, 0.05) is 18.0 Å². The molecule has 1 aromatic carbocycles. The van der Waals surface area contributed by atoms with Gasteiger partial charge in [0.2, 0.25) is 0 Å². The van der Waals surface area contributed by atoms with E-state index >= 15 is 0 Å². The zero-order valence-corrected chi connectivity index (χ0v) is 13.9. The van der Waals surface area contributed by atoms with Gasteiger partial charge in [0.1, 0.15) is 5.82 Å². The van der Waals surface area contributed by atoms with Crippen molar-refractivity contribution >= 4 is 38.5 Å². The van der Waals surface area contributed by atoms with Crippen LogP contribution in [0.4, 0.5) is 10.1 Å². The maximum absolute atomic E-state index is 13.4. The number of amidine groups is 1. The molecule has 1 aliphatic heterocycles. The SMILES string of the molecule is Cc1cc(F)c(Br)cc1NC1=NCC2(CCCC2)CS1. The molecule has 2 aliphatic rings. The molecule has 0 amide bonds. The number of aryl methyl sites for hydroxylation is 1. The molecule has 0 atom stereocenters. The van der Waals surface area contributed by atoms with Gasteiger partial charge in [-0.15, -0.1) is 0 Å². The Balaban J connectivity index is 1.73. The zero-order chi connectivity index (χ0) is 14.2. The Kier molecular flexibility index (Phi) is 4.09. The molecule has 1 aliphatic carbocycles. The van der Waals surface area contributed by atoms with E-state index in [2.05, 4.69) is 21.2 Å². The predicted octanol–water partition coefficient (Wildman–Crippen LogP) is 4.97. The summed E-state index contributed by atoms with van der Waals surface area (Å²) in [5.41, 5.74) is 2.27. The lowest BCUT2D eigenvalue weighted by molar-refractivity contribution is 0.359. The fraction of sp³-hybridized carbons (Fsp3) is 0.533. The van der Waals surface area contributed by atoms with E-state index in [1.54, 1.807) is 23.9 Å². The number of nitrogens with zero attached hydrogens (tertiary/aromatic N) is 1. The smallest absolute Gasteiger partial charge is 0.161 e. The van der Waals surface area contributed by atoms with E-state index in [9.17, 15) is 4.39 Å². The summed E-state index contributed by atoms with van der Waals surface area (Å²) in [6.45, 7) is 2.84. The van der Waals surface area contributed by atoms with Crippen LogP contribution >= 0.6 is 27.7 Å². The first-order valence-corrected chi connectivity index (χ1v) is 8.76. The number of hydrogen-bond donors (Lipinski definition) is 1. The maximum Gasteiger partial charge on any atom is 0.161 e. The zero-order valence-electron chi connectivity index (χ0n) is 11.5. The molecule has 0 unspecified atom stereocenters. The molecule has 5 heteroatoms. The number of aliphatic imine (C=N–C) groups is 1. The summed E-state index contributed by atoms with van der Waals surface area (Å²) in [7, 11) is 0. The fourth-order valence-corrected chi connectivity index (χ4v) is 4.46. The van der Waals surface area contributed by atoms with E-state index in [1.165, 1.54) is 25.7 Å². The fourth-order valence-electron chi connectivity index (χ4n) is 2.95. The lowest BCUT2D eigenvalue weighted by Gasteiger charge is -2.31. The van der Waals surface area contributed by atoms with Crippen molar-refractivity contribution in [1.29, 1.82) is 0 Å². The van der Waals surface area contributed by atoms with Crippen molar-refractivity contribution in [3.8, 4) is 0 Å². The molecule has 20 heavy (non-hydrogen) atoms. The molecule has 1 N–H and O–H groups in total.